The van der Waals surface area contributed by atoms with E-state index in [0.29, 0.717) is 11.3 Å². The van der Waals surface area contributed by atoms with Gasteiger partial charge in [0.05, 0.1) is 17.5 Å². The van der Waals surface area contributed by atoms with E-state index in [1.54, 1.807) is 20.8 Å². The van der Waals surface area contributed by atoms with Gasteiger partial charge in [-0.15, -0.1) is 0 Å². The van der Waals surface area contributed by atoms with Crippen molar-refractivity contribution in [2.45, 2.75) is 31.9 Å². The molecular formula is C11H14N2O4S. The monoisotopic (exact) mass is 270 g/mol. The summed E-state index contributed by atoms with van der Waals surface area (Å²) in [6.45, 7) is 5.22. The molecule has 0 aliphatic heterocycles. The summed E-state index contributed by atoms with van der Waals surface area (Å²) < 4.78 is 36.7. The second-order valence-electron chi connectivity index (χ2n) is 4.19. The number of sulfonamides is 1. The van der Waals surface area contributed by atoms with Crippen LogP contribution in [-0.4, -0.2) is 19.4 Å². The van der Waals surface area contributed by atoms with Gasteiger partial charge >= 0.3 is 0 Å². The summed E-state index contributed by atoms with van der Waals surface area (Å²) in [6, 6.07) is 1.29. The van der Waals surface area contributed by atoms with Crippen molar-refractivity contribution in [1.29, 1.82) is 0 Å². The average Bonchev–Trinajstić information content (AvgIpc) is 2.82. The van der Waals surface area contributed by atoms with Crippen molar-refractivity contribution in [3.8, 4) is 11.5 Å². The zero-order valence-electron chi connectivity index (χ0n) is 10.3. The van der Waals surface area contributed by atoms with Crippen LogP contribution >= 0.6 is 0 Å². The number of aromatic nitrogens is 1. The number of rotatable bonds is 4. The van der Waals surface area contributed by atoms with Gasteiger partial charge in [-0.1, -0.05) is 0 Å². The predicted molar refractivity (Wildman–Crippen MR) is 64.4 cm³/mol. The SMILES string of the molecule is Cc1coc(-c2ccoc2S(=O)(=O)NC(C)C)n1. The minimum Gasteiger partial charge on any atom is -0.451 e. The standard InChI is InChI=1S/C11H14N2O4S/c1-7(2)13-18(14,15)11-9(4-5-16-11)10-12-8(3)6-17-10/h4-7,13H,1-3H3. The summed E-state index contributed by atoms with van der Waals surface area (Å²) >= 11 is 0. The third-order valence-electron chi connectivity index (χ3n) is 2.11. The smallest absolute Gasteiger partial charge is 0.275 e. The van der Waals surface area contributed by atoms with Crippen LogP contribution in [0.2, 0.25) is 0 Å². The minimum atomic E-state index is -3.70. The number of oxazole rings is 1. The maximum atomic E-state index is 12.0. The first kappa shape index (κ1) is 12.8. The average molecular weight is 270 g/mol. The largest absolute Gasteiger partial charge is 0.451 e. The maximum Gasteiger partial charge on any atom is 0.275 e. The second-order valence-corrected chi connectivity index (χ2v) is 5.81. The Balaban J connectivity index is 2.45. The van der Waals surface area contributed by atoms with Gasteiger partial charge in [0.2, 0.25) is 11.0 Å². The van der Waals surface area contributed by atoms with E-state index in [4.69, 9.17) is 8.83 Å². The Labute approximate surface area is 105 Å². The predicted octanol–water partition coefficient (Wildman–Crippen LogP) is 1.93. The van der Waals surface area contributed by atoms with E-state index in [2.05, 4.69) is 9.71 Å². The van der Waals surface area contributed by atoms with Crippen molar-refractivity contribution in [3.63, 3.8) is 0 Å². The number of hydrogen-bond donors (Lipinski definition) is 1. The fraction of sp³-hybridized carbons (Fsp3) is 0.364. The van der Waals surface area contributed by atoms with Crippen molar-refractivity contribution < 1.29 is 17.3 Å². The molecule has 18 heavy (non-hydrogen) atoms. The Hall–Kier alpha value is -1.60. The summed E-state index contributed by atoms with van der Waals surface area (Å²) in [4.78, 5) is 4.09. The van der Waals surface area contributed by atoms with Crippen LogP contribution in [0.1, 0.15) is 19.5 Å². The normalized spacial score (nSPS) is 12.2. The van der Waals surface area contributed by atoms with Gasteiger partial charge in [0.1, 0.15) is 6.26 Å². The molecule has 0 amide bonds. The van der Waals surface area contributed by atoms with Gasteiger partial charge in [0.15, 0.2) is 0 Å². The topological polar surface area (TPSA) is 85.3 Å². The van der Waals surface area contributed by atoms with Gasteiger partial charge in [-0.05, 0) is 26.8 Å². The van der Waals surface area contributed by atoms with Crippen LogP contribution in [-0.2, 0) is 10.0 Å². The molecule has 2 aromatic rings. The summed E-state index contributed by atoms with van der Waals surface area (Å²) in [7, 11) is -3.70. The van der Waals surface area contributed by atoms with E-state index < -0.39 is 10.0 Å². The Kier molecular flexibility index (Phi) is 3.27. The fourth-order valence-corrected chi connectivity index (χ4v) is 2.86. The molecule has 0 aliphatic rings. The van der Waals surface area contributed by atoms with E-state index in [1.807, 2.05) is 0 Å². The minimum absolute atomic E-state index is 0.182. The molecule has 0 saturated carbocycles. The summed E-state index contributed by atoms with van der Waals surface area (Å²) in [5, 5.41) is -0.182. The molecular weight excluding hydrogens is 256 g/mol. The van der Waals surface area contributed by atoms with E-state index in [0.717, 1.165) is 0 Å². The van der Waals surface area contributed by atoms with Gasteiger partial charge in [0.25, 0.3) is 10.0 Å². The van der Waals surface area contributed by atoms with E-state index in [1.165, 1.54) is 18.6 Å². The molecule has 0 atom stereocenters. The van der Waals surface area contributed by atoms with Crippen LogP contribution in [0, 0.1) is 6.92 Å². The fourth-order valence-electron chi connectivity index (χ4n) is 1.50. The van der Waals surface area contributed by atoms with Crippen molar-refractivity contribution in [3.05, 3.63) is 24.3 Å². The molecule has 98 valence electrons. The molecule has 1 N–H and O–H groups in total. The first-order valence-corrected chi connectivity index (χ1v) is 6.91. The number of nitrogens with one attached hydrogen (secondary N) is 1. The van der Waals surface area contributed by atoms with Crippen molar-refractivity contribution in [1.82, 2.24) is 9.71 Å². The molecule has 0 aromatic carbocycles. The molecule has 2 heterocycles. The number of furan rings is 1. The number of nitrogens with zero attached hydrogens (tertiary/aromatic N) is 1. The van der Waals surface area contributed by atoms with Gasteiger partial charge < -0.3 is 8.83 Å². The molecule has 7 heteroatoms. The maximum absolute atomic E-state index is 12.0. The molecule has 0 unspecified atom stereocenters. The highest BCUT2D eigenvalue weighted by Gasteiger charge is 2.26. The highest BCUT2D eigenvalue weighted by atomic mass is 32.2. The Morgan fingerprint density at radius 1 is 1.33 bits per heavy atom. The van der Waals surface area contributed by atoms with Crippen molar-refractivity contribution in [2.24, 2.45) is 0 Å². The van der Waals surface area contributed by atoms with Crippen LogP contribution in [0.25, 0.3) is 11.5 Å². The van der Waals surface area contributed by atoms with Crippen molar-refractivity contribution in [2.75, 3.05) is 0 Å². The van der Waals surface area contributed by atoms with Gasteiger partial charge in [0, 0.05) is 6.04 Å². The third-order valence-corrected chi connectivity index (χ3v) is 3.70. The number of aryl methyl sites for hydroxylation is 1. The molecule has 0 aliphatic carbocycles. The number of hydrogen-bond acceptors (Lipinski definition) is 5. The summed E-state index contributed by atoms with van der Waals surface area (Å²) in [5.41, 5.74) is 0.989. The summed E-state index contributed by atoms with van der Waals surface area (Å²) in [6.07, 6.45) is 2.75. The van der Waals surface area contributed by atoms with Crippen molar-refractivity contribution >= 4 is 10.0 Å². The lowest BCUT2D eigenvalue weighted by Gasteiger charge is -2.07. The molecule has 0 saturated heterocycles. The van der Waals surface area contributed by atoms with Gasteiger partial charge in [-0.25, -0.2) is 18.1 Å². The van der Waals surface area contributed by atoms with Gasteiger partial charge in [-0.3, -0.25) is 0 Å². The highest BCUT2D eigenvalue weighted by molar-refractivity contribution is 7.89. The highest BCUT2D eigenvalue weighted by Crippen LogP contribution is 2.27. The first-order chi connectivity index (χ1) is 8.40. The van der Waals surface area contributed by atoms with E-state index in [-0.39, 0.29) is 17.0 Å². The Morgan fingerprint density at radius 3 is 2.61 bits per heavy atom. The van der Waals surface area contributed by atoms with Gasteiger partial charge in [-0.2, -0.15) is 0 Å². The molecule has 2 aromatic heterocycles. The lowest BCUT2D eigenvalue weighted by molar-refractivity contribution is 0.442. The van der Waals surface area contributed by atoms with E-state index >= 15 is 0 Å². The molecule has 6 nitrogen and oxygen atoms in total. The third kappa shape index (κ3) is 2.46. The molecule has 0 fully saturated rings. The second kappa shape index (κ2) is 4.58. The van der Waals surface area contributed by atoms with Crippen LogP contribution < -0.4 is 4.72 Å². The molecule has 2 rings (SSSR count). The quantitative estimate of drug-likeness (QED) is 0.917. The van der Waals surface area contributed by atoms with Crippen LogP contribution in [0.5, 0.6) is 0 Å². The molecule has 0 bridgehead atoms. The molecule has 0 spiro atoms. The lowest BCUT2D eigenvalue weighted by atomic mass is 10.3. The zero-order valence-corrected chi connectivity index (χ0v) is 11.1. The zero-order chi connectivity index (χ0) is 13.3. The van der Waals surface area contributed by atoms with Crippen LogP contribution in [0.4, 0.5) is 0 Å². The van der Waals surface area contributed by atoms with Crippen LogP contribution in [0.15, 0.2) is 32.5 Å². The van der Waals surface area contributed by atoms with Crippen LogP contribution in [0.3, 0.4) is 0 Å². The summed E-state index contributed by atoms with van der Waals surface area (Å²) in [5.74, 6) is 0.227. The molecule has 0 radical (unpaired) electrons. The first-order valence-electron chi connectivity index (χ1n) is 5.42. The lowest BCUT2D eigenvalue weighted by Crippen LogP contribution is -2.30. The Morgan fingerprint density at radius 2 is 2.06 bits per heavy atom. The Bertz CT molecular complexity index is 640. The van der Waals surface area contributed by atoms with E-state index in [9.17, 15) is 8.42 Å².